The van der Waals surface area contributed by atoms with Gasteiger partial charge in [-0.15, -0.1) is 11.3 Å². The van der Waals surface area contributed by atoms with E-state index in [1.807, 2.05) is 11.3 Å². The van der Waals surface area contributed by atoms with Crippen LogP contribution < -0.4 is 5.32 Å². The van der Waals surface area contributed by atoms with Crippen LogP contribution in [0.4, 0.5) is 4.39 Å². The van der Waals surface area contributed by atoms with Gasteiger partial charge in [-0.1, -0.05) is 31.5 Å². The first-order chi connectivity index (χ1) is 10.1. The fourth-order valence-corrected chi connectivity index (χ4v) is 3.62. The van der Waals surface area contributed by atoms with E-state index in [2.05, 4.69) is 31.3 Å². The minimum Gasteiger partial charge on any atom is -0.310 e. The zero-order valence-corrected chi connectivity index (χ0v) is 14.0. The summed E-state index contributed by atoms with van der Waals surface area (Å²) in [5.41, 5.74) is 0.970. The van der Waals surface area contributed by atoms with E-state index in [4.69, 9.17) is 11.6 Å². The van der Waals surface area contributed by atoms with Crippen molar-refractivity contribution in [1.82, 2.24) is 5.32 Å². The summed E-state index contributed by atoms with van der Waals surface area (Å²) in [6, 6.07) is 9.16. The van der Waals surface area contributed by atoms with E-state index < -0.39 is 0 Å². The normalized spacial score (nSPS) is 12.6. The molecule has 2 aromatic rings. The number of benzene rings is 1. The Hall–Kier alpha value is -0.900. The average Bonchev–Trinajstić information content (AvgIpc) is 2.91. The van der Waals surface area contributed by atoms with Crippen molar-refractivity contribution >= 4 is 22.9 Å². The van der Waals surface area contributed by atoms with Crippen molar-refractivity contribution in [2.24, 2.45) is 0 Å². The molecular weight excluding hydrogens is 305 g/mol. The lowest BCUT2D eigenvalue weighted by atomic mass is 10.0. The van der Waals surface area contributed by atoms with Gasteiger partial charge < -0.3 is 5.32 Å². The third-order valence-corrected chi connectivity index (χ3v) is 5.03. The van der Waals surface area contributed by atoms with Crippen molar-refractivity contribution in [3.8, 4) is 0 Å². The zero-order chi connectivity index (χ0) is 15.2. The maximum Gasteiger partial charge on any atom is 0.124 e. The molecule has 0 saturated heterocycles. The van der Waals surface area contributed by atoms with Crippen molar-refractivity contribution in [2.75, 3.05) is 6.54 Å². The first-order valence-corrected chi connectivity index (χ1v) is 8.59. The lowest BCUT2D eigenvalue weighted by Crippen LogP contribution is -2.24. The summed E-state index contributed by atoms with van der Waals surface area (Å²) in [7, 11) is 0. The lowest BCUT2D eigenvalue weighted by molar-refractivity contribution is 0.530. The molecular formula is C17H21ClFNS. The highest BCUT2D eigenvalue weighted by Gasteiger charge is 2.16. The first-order valence-electron chi connectivity index (χ1n) is 7.40. The molecule has 0 aliphatic carbocycles. The van der Waals surface area contributed by atoms with Crippen LogP contribution in [-0.2, 0) is 12.8 Å². The van der Waals surface area contributed by atoms with Crippen LogP contribution >= 0.6 is 22.9 Å². The maximum atomic E-state index is 13.2. The van der Waals surface area contributed by atoms with E-state index in [9.17, 15) is 4.39 Å². The molecule has 1 aromatic heterocycles. The van der Waals surface area contributed by atoms with Crippen LogP contribution in [0.3, 0.4) is 0 Å². The van der Waals surface area contributed by atoms with E-state index in [1.54, 1.807) is 6.07 Å². The van der Waals surface area contributed by atoms with E-state index in [0.29, 0.717) is 5.02 Å². The van der Waals surface area contributed by atoms with E-state index in [1.165, 1.54) is 21.9 Å². The number of aryl methyl sites for hydroxylation is 1. The summed E-state index contributed by atoms with van der Waals surface area (Å²) in [6.07, 6.45) is 3.00. The number of hydrogen-bond donors (Lipinski definition) is 1. The van der Waals surface area contributed by atoms with E-state index in [-0.39, 0.29) is 11.9 Å². The highest BCUT2D eigenvalue weighted by molar-refractivity contribution is 7.11. The van der Waals surface area contributed by atoms with Gasteiger partial charge in [0, 0.05) is 27.2 Å². The minimum atomic E-state index is -0.289. The third kappa shape index (κ3) is 4.53. The van der Waals surface area contributed by atoms with Gasteiger partial charge in [0.25, 0.3) is 0 Å². The molecule has 4 heteroatoms. The molecule has 0 aliphatic heterocycles. The molecule has 0 aliphatic rings. The first kappa shape index (κ1) is 16.5. The molecule has 1 nitrogen and oxygen atoms in total. The molecule has 2 rings (SSSR count). The average molecular weight is 326 g/mol. The molecule has 0 saturated carbocycles. The van der Waals surface area contributed by atoms with Gasteiger partial charge in [-0.3, -0.25) is 0 Å². The highest BCUT2D eigenvalue weighted by Crippen LogP contribution is 2.29. The maximum absolute atomic E-state index is 13.2. The Kier molecular flexibility index (Phi) is 6.22. The molecule has 1 heterocycles. The van der Waals surface area contributed by atoms with Gasteiger partial charge in [0.15, 0.2) is 0 Å². The topological polar surface area (TPSA) is 12.0 Å². The number of rotatable bonds is 7. The second kappa shape index (κ2) is 7.92. The number of halogens is 2. The summed E-state index contributed by atoms with van der Waals surface area (Å²) in [4.78, 5) is 2.73. The fraction of sp³-hybridized carbons (Fsp3) is 0.412. The molecule has 1 atom stereocenters. The Labute approximate surface area is 135 Å². The largest absolute Gasteiger partial charge is 0.310 e. The zero-order valence-electron chi connectivity index (χ0n) is 12.5. The lowest BCUT2D eigenvalue weighted by Gasteiger charge is -2.19. The van der Waals surface area contributed by atoms with Crippen molar-refractivity contribution in [2.45, 2.75) is 39.2 Å². The summed E-state index contributed by atoms with van der Waals surface area (Å²) in [5.74, 6) is -0.289. The molecule has 0 spiro atoms. The Morgan fingerprint density at radius 2 is 1.95 bits per heavy atom. The van der Waals surface area contributed by atoms with Gasteiger partial charge in [-0.25, -0.2) is 4.39 Å². The predicted octanol–water partition coefficient (Wildman–Crippen LogP) is 5.39. The number of nitrogens with one attached hydrogen (secondary N) is 1. The Bertz CT molecular complexity index is 582. The minimum absolute atomic E-state index is 0.126. The molecule has 114 valence electrons. The number of hydrogen-bond acceptors (Lipinski definition) is 2. The Morgan fingerprint density at radius 1 is 1.19 bits per heavy atom. The van der Waals surface area contributed by atoms with Crippen molar-refractivity contribution in [1.29, 1.82) is 0 Å². The van der Waals surface area contributed by atoms with Crippen LogP contribution in [0, 0.1) is 5.82 Å². The second-order valence-electron chi connectivity index (χ2n) is 5.10. The van der Waals surface area contributed by atoms with Gasteiger partial charge >= 0.3 is 0 Å². The predicted molar refractivity (Wildman–Crippen MR) is 89.8 cm³/mol. The van der Waals surface area contributed by atoms with Gasteiger partial charge in [-0.05, 0) is 49.2 Å². The molecule has 0 radical (unpaired) electrons. The van der Waals surface area contributed by atoms with Gasteiger partial charge in [0.2, 0.25) is 0 Å². The summed E-state index contributed by atoms with van der Waals surface area (Å²) in [6.45, 7) is 5.22. The van der Waals surface area contributed by atoms with Crippen LogP contribution in [0.25, 0.3) is 0 Å². The van der Waals surface area contributed by atoms with Gasteiger partial charge in [-0.2, -0.15) is 0 Å². The van der Waals surface area contributed by atoms with Crippen LogP contribution in [-0.4, -0.2) is 6.54 Å². The molecule has 0 fully saturated rings. The third-order valence-electron chi connectivity index (χ3n) is 3.45. The molecule has 1 N–H and O–H groups in total. The monoisotopic (exact) mass is 325 g/mol. The Balaban J connectivity index is 2.20. The summed E-state index contributed by atoms with van der Waals surface area (Å²) in [5, 5.41) is 4.02. The van der Waals surface area contributed by atoms with Gasteiger partial charge in [0.05, 0.1) is 0 Å². The molecule has 1 unspecified atom stereocenters. The van der Waals surface area contributed by atoms with Crippen molar-refractivity contribution in [3.05, 3.63) is 56.5 Å². The van der Waals surface area contributed by atoms with Crippen LogP contribution in [0.15, 0.2) is 30.3 Å². The molecule has 0 amide bonds. The smallest absolute Gasteiger partial charge is 0.124 e. The standard InChI is InChI=1S/C17H21ClFNS/c1-3-9-20-17(11-14-7-6-13(4-2)21-14)15-8-5-12(19)10-16(15)18/h5-8,10,17,20H,3-4,9,11H2,1-2H3. The van der Waals surface area contributed by atoms with Crippen LogP contribution in [0.1, 0.15) is 41.6 Å². The van der Waals surface area contributed by atoms with E-state index >= 15 is 0 Å². The summed E-state index contributed by atoms with van der Waals surface area (Å²) >= 11 is 8.07. The second-order valence-corrected chi connectivity index (χ2v) is 6.76. The van der Waals surface area contributed by atoms with Crippen LogP contribution in [0.5, 0.6) is 0 Å². The van der Waals surface area contributed by atoms with E-state index in [0.717, 1.165) is 31.4 Å². The quantitative estimate of drug-likeness (QED) is 0.720. The van der Waals surface area contributed by atoms with Crippen LogP contribution in [0.2, 0.25) is 5.02 Å². The molecule has 0 bridgehead atoms. The Morgan fingerprint density at radius 3 is 2.57 bits per heavy atom. The SMILES string of the molecule is CCCNC(Cc1ccc(CC)s1)c1ccc(F)cc1Cl. The summed E-state index contributed by atoms with van der Waals surface area (Å²) < 4.78 is 13.2. The fourth-order valence-electron chi connectivity index (χ4n) is 2.32. The molecule has 21 heavy (non-hydrogen) atoms. The van der Waals surface area contributed by atoms with Gasteiger partial charge in [0.1, 0.15) is 5.82 Å². The molecule has 1 aromatic carbocycles. The van der Waals surface area contributed by atoms with Crippen molar-refractivity contribution < 1.29 is 4.39 Å². The highest BCUT2D eigenvalue weighted by atomic mass is 35.5. The number of thiophene rings is 1. The van der Waals surface area contributed by atoms with Crippen molar-refractivity contribution in [3.63, 3.8) is 0 Å².